The number of benzene rings is 2. The van der Waals surface area contributed by atoms with Crippen LogP contribution in [0.1, 0.15) is 15.9 Å². The third kappa shape index (κ3) is 5.63. The van der Waals surface area contributed by atoms with E-state index in [0.717, 1.165) is 11.8 Å². The highest BCUT2D eigenvalue weighted by Crippen LogP contribution is 2.10. The Morgan fingerprint density at radius 2 is 1.71 bits per heavy atom. The van der Waals surface area contributed by atoms with Gasteiger partial charge in [0, 0.05) is 30.2 Å². The predicted octanol–water partition coefficient (Wildman–Crippen LogP) is 2.53. The first-order valence-corrected chi connectivity index (χ1v) is 9.62. The van der Waals surface area contributed by atoms with E-state index in [1.165, 1.54) is 4.31 Å². The molecule has 1 N–H and O–H groups in total. The quantitative estimate of drug-likeness (QED) is 0.818. The van der Waals surface area contributed by atoms with Gasteiger partial charge in [-0.1, -0.05) is 41.9 Å². The van der Waals surface area contributed by atoms with Gasteiger partial charge in [-0.3, -0.25) is 4.79 Å². The molecule has 0 saturated carbocycles. The summed E-state index contributed by atoms with van der Waals surface area (Å²) in [6, 6.07) is 15.8. The molecule has 0 radical (unpaired) electrons. The van der Waals surface area contributed by atoms with E-state index in [1.807, 2.05) is 30.3 Å². The van der Waals surface area contributed by atoms with Gasteiger partial charge >= 0.3 is 0 Å². The molecule has 1 amide bonds. The lowest BCUT2D eigenvalue weighted by Crippen LogP contribution is -2.37. The lowest BCUT2D eigenvalue weighted by Gasteiger charge is -2.20. The molecule has 2 aromatic rings. The van der Waals surface area contributed by atoms with Crippen molar-refractivity contribution in [3.63, 3.8) is 0 Å². The molecule has 7 heteroatoms. The molecule has 0 aromatic heterocycles. The normalized spacial score (nSPS) is 11.5. The second-order valence-electron chi connectivity index (χ2n) is 5.34. The zero-order valence-electron chi connectivity index (χ0n) is 13.3. The molecule has 2 rings (SSSR count). The van der Waals surface area contributed by atoms with Gasteiger partial charge in [-0.25, -0.2) is 8.42 Å². The second kappa shape index (κ2) is 8.28. The van der Waals surface area contributed by atoms with Crippen molar-refractivity contribution in [3.05, 3.63) is 70.7 Å². The van der Waals surface area contributed by atoms with Gasteiger partial charge in [0.1, 0.15) is 0 Å². The van der Waals surface area contributed by atoms with Crippen LogP contribution in [-0.2, 0) is 16.6 Å². The van der Waals surface area contributed by atoms with Crippen LogP contribution in [0.2, 0.25) is 5.02 Å². The molecule has 0 aliphatic carbocycles. The summed E-state index contributed by atoms with van der Waals surface area (Å²) in [5.41, 5.74) is 1.38. The Bertz CT molecular complexity index is 777. The molecule has 0 aliphatic rings. The molecule has 0 saturated heterocycles. The number of nitrogens with one attached hydrogen (secondary N) is 1. The molecule has 128 valence electrons. The van der Waals surface area contributed by atoms with Crippen molar-refractivity contribution in [1.29, 1.82) is 0 Å². The van der Waals surface area contributed by atoms with Crippen molar-refractivity contribution in [2.75, 3.05) is 19.3 Å². The summed E-state index contributed by atoms with van der Waals surface area (Å²) < 4.78 is 25.2. The monoisotopic (exact) mass is 366 g/mol. The average Bonchev–Trinajstić information content (AvgIpc) is 2.54. The van der Waals surface area contributed by atoms with Crippen LogP contribution in [0.3, 0.4) is 0 Å². The number of carbonyl (C=O) groups excluding carboxylic acids is 1. The van der Waals surface area contributed by atoms with Crippen molar-refractivity contribution >= 4 is 27.5 Å². The van der Waals surface area contributed by atoms with Gasteiger partial charge in [0.2, 0.25) is 10.0 Å². The lowest BCUT2D eigenvalue weighted by molar-refractivity contribution is 0.0951. The molecule has 0 unspecified atom stereocenters. The third-order valence-electron chi connectivity index (χ3n) is 3.42. The summed E-state index contributed by atoms with van der Waals surface area (Å²) >= 11 is 5.78. The van der Waals surface area contributed by atoms with Crippen molar-refractivity contribution in [2.45, 2.75) is 6.54 Å². The first kappa shape index (κ1) is 18.4. The van der Waals surface area contributed by atoms with Crippen molar-refractivity contribution in [2.24, 2.45) is 0 Å². The minimum atomic E-state index is -3.37. The fraction of sp³-hybridized carbons (Fsp3) is 0.235. The standard InChI is InChI=1S/C17H19ClN2O3S/c1-24(22,23)20(13-14-5-3-2-4-6-14)12-11-19-17(21)15-7-9-16(18)10-8-15/h2-10H,11-13H2,1H3,(H,19,21). The van der Waals surface area contributed by atoms with Crippen LogP contribution >= 0.6 is 11.6 Å². The zero-order chi connectivity index (χ0) is 17.6. The van der Waals surface area contributed by atoms with Crippen LogP contribution in [0, 0.1) is 0 Å². The summed E-state index contributed by atoms with van der Waals surface area (Å²) in [4.78, 5) is 12.0. The highest BCUT2D eigenvalue weighted by atomic mass is 35.5. The van der Waals surface area contributed by atoms with Gasteiger partial charge in [-0.15, -0.1) is 0 Å². The van der Waals surface area contributed by atoms with Crippen LogP contribution in [-0.4, -0.2) is 38.0 Å². The van der Waals surface area contributed by atoms with Crippen LogP contribution in [0.15, 0.2) is 54.6 Å². The highest BCUT2D eigenvalue weighted by Gasteiger charge is 2.17. The average molecular weight is 367 g/mol. The molecule has 0 aliphatic heterocycles. The van der Waals surface area contributed by atoms with Crippen molar-refractivity contribution < 1.29 is 13.2 Å². The van der Waals surface area contributed by atoms with E-state index in [0.29, 0.717) is 10.6 Å². The molecule has 0 bridgehead atoms. The molecule has 5 nitrogen and oxygen atoms in total. The van der Waals surface area contributed by atoms with E-state index < -0.39 is 10.0 Å². The number of rotatable bonds is 7. The third-order valence-corrected chi connectivity index (χ3v) is 4.93. The Kier molecular flexibility index (Phi) is 6.36. The summed E-state index contributed by atoms with van der Waals surface area (Å²) in [7, 11) is -3.37. The van der Waals surface area contributed by atoms with Crippen molar-refractivity contribution in [1.82, 2.24) is 9.62 Å². The molecule has 0 atom stereocenters. The lowest BCUT2D eigenvalue weighted by atomic mass is 10.2. The minimum absolute atomic E-state index is 0.201. The number of nitrogens with zero attached hydrogens (tertiary/aromatic N) is 1. The molecule has 0 fully saturated rings. The Morgan fingerprint density at radius 1 is 1.08 bits per heavy atom. The van der Waals surface area contributed by atoms with Gasteiger partial charge in [-0.05, 0) is 29.8 Å². The fourth-order valence-electron chi connectivity index (χ4n) is 2.15. The maximum atomic E-state index is 12.0. The molecule has 2 aromatic carbocycles. The molecular formula is C17H19ClN2O3S. The van der Waals surface area contributed by atoms with Gasteiger partial charge in [0.25, 0.3) is 5.91 Å². The minimum Gasteiger partial charge on any atom is -0.351 e. The molecule has 0 heterocycles. The topological polar surface area (TPSA) is 66.5 Å². The first-order chi connectivity index (χ1) is 11.4. The molecule has 24 heavy (non-hydrogen) atoms. The number of amides is 1. The number of carbonyl (C=O) groups is 1. The van der Waals surface area contributed by atoms with E-state index in [2.05, 4.69) is 5.32 Å². The Labute approximate surface area is 147 Å². The number of halogens is 1. The van der Waals surface area contributed by atoms with Gasteiger partial charge in [-0.2, -0.15) is 4.31 Å². The van der Waals surface area contributed by atoms with E-state index >= 15 is 0 Å². The number of hydrogen-bond acceptors (Lipinski definition) is 3. The van der Waals surface area contributed by atoms with Crippen LogP contribution < -0.4 is 5.32 Å². The van der Waals surface area contributed by atoms with E-state index in [1.54, 1.807) is 24.3 Å². The highest BCUT2D eigenvalue weighted by molar-refractivity contribution is 7.88. The van der Waals surface area contributed by atoms with Crippen LogP contribution in [0.25, 0.3) is 0 Å². The largest absolute Gasteiger partial charge is 0.351 e. The fourth-order valence-corrected chi connectivity index (χ4v) is 3.08. The number of hydrogen-bond donors (Lipinski definition) is 1. The first-order valence-electron chi connectivity index (χ1n) is 7.39. The Morgan fingerprint density at radius 3 is 2.29 bits per heavy atom. The maximum Gasteiger partial charge on any atom is 0.251 e. The summed E-state index contributed by atoms with van der Waals surface area (Å²) in [5, 5.41) is 3.27. The summed E-state index contributed by atoms with van der Waals surface area (Å²) in [6.07, 6.45) is 1.16. The molecule has 0 spiro atoms. The molecular weight excluding hydrogens is 348 g/mol. The Hall–Kier alpha value is -1.89. The van der Waals surface area contributed by atoms with E-state index in [-0.39, 0.29) is 25.5 Å². The zero-order valence-corrected chi connectivity index (χ0v) is 14.8. The van der Waals surface area contributed by atoms with Crippen LogP contribution in [0.4, 0.5) is 0 Å². The Balaban J connectivity index is 1.93. The second-order valence-corrected chi connectivity index (χ2v) is 7.76. The van der Waals surface area contributed by atoms with E-state index in [9.17, 15) is 13.2 Å². The smallest absolute Gasteiger partial charge is 0.251 e. The summed E-state index contributed by atoms with van der Waals surface area (Å²) in [5.74, 6) is -0.264. The SMILES string of the molecule is CS(=O)(=O)N(CCNC(=O)c1ccc(Cl)cc1)Cc1ccccc1. The number of sulfonamides is 1. The van der Waals surface area contributed by atoms with Gasteiger partial charge < -0.3 is 5.32 Å². The van der Waals surface area contributed by atoms with E-state index in [4.69, 9.17) is 11.6 Å². The summed E-state index contributed by atoms with van der Waals surface area (Å²) in [6.45, 7) is 0.699. The van der Waals surface area contributed by atoms with Gasteiger partial charge in [0.15, 0.2) is 0 Å². The van der Waals surface area contributed by atoms with Gasteiger partial charge in [0.05, 0.1) is 6.26 Å². The van der Waals surface area contributed by atoms with Crippen molar-refractivity contribution in [3.8, 4) is 0 Å². The van der Waals surface area contributed by atoms with Crippen LogP contribution in [0.5, 0.6) is 0 Å². The predicted molar refractivity (Wildman–Crippen MR) is 95.5 cm³/mol. The maximum absolute atomic E-state index is 12.0.